The topological polar surface area (TPSA) is 122 Å². The standard InChI is InChI=1S/C22H36N4O5/c1-21(2,3)30-19(28)24-11-10-14(15-12-23-13-17(15)27)16-8-7-9-18(25-16)26-20(29)31-22(4,5)6/h7-9,14-15,17,23,27H,10-13H2,1-6H3,(H,24,28)(H,25,26,29). The molecule has 2 rings (SSSR count). The predicted octanol–water partition coefficient (Wildman–Crippen LogP) is 3.01. The van der Waals surface area contributed by atoms with Crippen molar-refractivity contribution in [1.82, 2.24) is 15.6 Å². The van der Waals surface area contributed by atoms with E-state index in [0.29, 0.717) is 31.9 Å². The van der Waals surface area contributed by atoms with E-state index in [0.717, 1.165) is 5.69 Å². The van der Waals surface area contributed by atoms with Crippen LogP contribution >= 0.6 is 0 Å². The Hall–Kier alpha value is -2.39. The van der Waals surface area contributed by atoms with Crippen molar-refractivity contribution in [2.75, 3.05) is 25.0 Å². The number of nitrogens with zero attached hydrogens (tertiary/aromatic N) is 1. The van der Waals surface area contributed by atoms with E-state index in [4.69, 9.17) is 9.47 Å². The smallest absolute Gasteiger partial charge is 0.413 e. The fraction of sp³-hybridized carbons (Fsp3) is 0.682. The van der Waals surface area contributed by atoms with Gasteiger partial charge in [0.25, 0.3) is 0 Å². The highest BCUT2D eigenvalue weighted by Gasteiger charge is 2.34. The molecule has 0 aliphatic carbocycles. The highest BCUT2D eigenvalue weighted by molar-refractivity contribution is 5.83. The number of carbonyl (C=O) groups excluding carboxylic acids is 2. The Labute approximate surface area is 184 Å². The van der Waals surface area contributed by atoms with Gasteiger partial charge in [-0.1, -0.05) is 6.07 Å². The third-order valence-corrected chi connectivity index (χ3v) is 4.65. The predicted molar refractivity (Wildman–Crippen MR) is 118 cm³/mol. The lowest BCUT2D eigenvalue weighted by atomic mass is 9.84. The van der Waals surface area contributed by atoms with Crippen molar-refractivity contribution in [1.29, 1.82) is 0 Å². The molecule has 3 atom stereocenters. The van der Waals surface area contributed by atoms with Crippen molar-refractivity contribution >= 4 is 18.0 Å². The van der Waals surface area contributed by atoms with Crippen LogP contribution in [0.25, 0.3) is 0 Å². The third-order valence-electron chi connectivity index (χ3n) is 4.65. The Balaban J connectivity index is 2.10. The summed E-state index contributed by atoms with van der Waals surface area (Å²) in [6.07, 6.45) is -1.02. The number of amides is 2. The lowest BCUT2D eigenvalue weighted by molar-refractivity contribution is 0.0522. The van der Waals surface area contributed by atoms with Gasteiger partial charge in [0.15, 0.2) is 0 Å². The maximum atomic E-state index is 12.1. The first-order chi connectivity index (χ1) is 14.3. The van der Waals surface area contributed by atoms with Crippen molar-refractivity contribution in [2.45, 2.75) is 71.2 Å². The molecule has 9 heteroatoms. The highest BCUT2D eigenvalue weighted by atomic mass is 16.6. The van der Waals surface area contributed by atoms with Gasteiger partial charge in [-0.15, -0.1) is 0 Å². The number of alkyl carbamates (subject to hydrolysis) is 1. The number of aliphatic hydroxyl groups excluding tert-OH is 1. The molecular weight excluding hydrogens is 400 g/mol. The molecule has 9 nitrogen and oxygen atoms in total. The minimum absolute atomic E-state index is 0.0651. The Kier molecular flexibility index (Phi) is 8.25. The van der Waals surface area contributed by atoms with Crippen LogP contribution in [0.3, 0.4) is 0 Å². The number of ether oxygens (including phenoxy) is 2. The van der Waals surface area contributed by atoms with Gasteiger partial charge < -0.3 is 25.2 Å². The zero-order valence-electron chi connectivity index (χ0n) is 19.3. The zero-order chi connectivity index (χ0) is 23.2. The van der Waals surface area contributed by atoms with Crippen molar-refractivity contribution in [3.8, 4) is 0 Å². The summed E-state index contributed by atoms with van der Waals surface area (Å²) >= 11 is 0. The van der Waals surface area contributed by atoms with Gasteiger partial charge in [0.1, 0.15) is 17.0 Å². The zero-order valence-corrected chi connectivity index (χ0v) is 19.3. The number of carbonyl (C=O) groups is 2. The summed E-state index contributed by atoms with van der Waals surface area (Å²) in [4.78, 5) is 28.7. The van der Waals surface area contributed by atoms with Gasteiger partial charge in [-0.2, -0.15) is 0 Å². The van der Waals surface area contributed by atoms with E-state index in [2.05, 4.69) is 20.9 Å². The molecule has 1 aliphatic heterocycles. The quantitative estimate of drug-likeness (QED) is 0.541. The molecule has 31 heavy (non-hydrogen) atoms. The third kappa shape index (κ3) is 8.70. The normalized spacial score (nSPS) is 20.1. The van der Waals surface area contributed by atoms with Crippen molar-refractivity contribution in [2.24, 2.45) is 5.92 Å². The molecule has 2 amide bonds. The Morgan fingerprint density at radius 2 is 1.77 bits per heavy atom. The largest absolute Gasteiger partial charge is 0.444 e. The lowest BCUT2D eigenvalue weighted by Gasteiger charge is -2.26. The van der Waals surface area contributed by atoms with E-state index in [9.17, 15) is 14.7 Å². The van der Waals surface area contributed by atoms with Crippen LogP contribution < -0.4 is 16.0 Å². The summed E-state index contributed by atoms with van der Waals surface area (Å²) in [6.45, 7) is 12.3. The van der Waals surface area contributed by atoms with Crippen molar-refractivity contribution in [3.05, 3.63) is 23.9 Å². The molecule has 1 aromatic rings. The number of aromatic nitrogens is 1. The Morgan fingerprint density at radius 1 is 1.13 bits per heavy atom. The van der Waals surface area contributed by atoms with Crippen LogP contribution in [0.2, 0.25) is 0 Å². The first kappa shape index (κ1) is 24.9. The lowest BCUT2D eigenvalue weighted by Crippen LogP contribution is -2.35. The van der Waals surface area contributed by atoms with Gasteiger partial charge in [0.05, 0.1) is 6.10 Å². The summed E-state index contributed by atoms with van der Waals surface area (Å²) in [5.74, 6) is 0.183. The van der Waals surface area contributed by atoms with Gasteiger partial charge >= 0.3 is 12.2 Å². The molecule has 174 valence electrons. The minimum atomic E-state index is -0.614. The second kappa shape index (κ2) is 10.3. The number of anilines is 1. The molecule has 1 aromatic heterocycles. The number of hydrogen-bond acceptors (Lipinski definition) is 7. The summed E-state index contributed by atoms with van der Waals surface area (Å²) < 4.78 is 10.6. The summed E-state index contributed by atoms with van der Waals surface area (Å²) in [6, 6.07) is 5.36. The van der Waals surface area contributed by atoms with Crippen molar-refractivity contribution in [3.63, 3.8) is 0 Å². The van der Waals surface area contributed by atoms with Crippen LogP contribution in [0, 0.1) is 5.92 Å². The number of rotatable bonds is 6. The van der Waals surface area contributed by atoms with E-state index in [-0.39, 0.29) is 11.8 Å². The van der Waals surface area contributed by atoms with Crippen LogP contribution in [0.1, 0.15) is 59.6 Å². The van der Waals surface area contributed by atoms with Gasteiger partial charge in [0, 0.05) is 37.2 Å². The maximum Gasteiger partial charge on any atom is 0.413 e. The molecule has 3 unspecified atom stereocenters. The molecule has 2 heterocycles. The molecule has 1 saturated heterocycles. The van der Waals surface area contributed by atoms with Crippen LogP contribution in [-0.4, -0.2) is 59.2 Å². The second-order valence-corrected chi connectivity index (χ2v) is 9.79. The van der Waals surface area contributed by atoms with Gasteiger partial charge in [0.2, 0.25) is 0 Å². The molecule has 0 saturated carbocycles. The number of pyridine rings is 1. The molecule has 0 bridgehead atoms. The van der Waals surface area contributed by atoms with E-state index in [1.807, 2.05) is 26.8 Å². The minimum Gasteiger partial charge on any atom is -0.444 e. The molecule has 1 fully saturated rings. The maximum absolute atomic E-state index is 12.1. The number of nitrogens with one attached hydrogen (secondary N) is 3. The number of aliphatic hydroxyl groups is 1. The second-order valence-electron chi connectivity index (χ2n) is 9.79. The van der Waals surface area contributed by atoms with Crippen LogP contribution in [-0.2, 0) is 9.47 Å². The molecule has 4 N–H and O–H groups in total. The summed E-state index contributed by atoms with van der Waals surface area (Å²) in [7, 11) is 0. The molecule has 1 aliphatic rings. The Bertz CT molecular complexity index is 757. The van der Waals surface area contributed by atoms with E-state index < -0.39 is 29.5 Å². The Morgan fingerprint density at radius 3 is 2.35 bits per heavy atom. The first-order valence-corrected chi connectivity index (χ1v) is 10.7. The van der Waals surface area contributed by atoms with E-state index in [1.54, 1.807) is 32.9 Å². The van der Waals surface area contributed by atoms with Crippen LogP contribution in [0.5, 0.6) is 0 Å². The molecule has 0 aromatic carbocycles. The SMILES string of the molecule is CC(C)(C)OC(=O)NCCC(c1cccc(NC(=O)OC(C)(C)C)n1)C1CNCC1O. The summed E-state index contributed by atoms with van der Waals surface area (Å²) in [5, 5.41) is 19.1. The van der Waals surface area contributed by atoms with Crippen LogP contribution in [0.4, 0.5) is 15.4 Å². The molecule has 0 radical (unpaired) electrons. The fourth-order valence-electron chi connectivity index (χ4n) is 3.46. The fourth-order valence-corrected chi connectivity index (χ4v) is 3.46. The highest BCUT2D eigenvalue weighted by Crippen LogP contribution is 2.32. The molecule has 0 spiro atoms. The number of β-amino-alcohol motifs (C(OH)–C–C–N with tert-alkyl or cyclic N) is 1. The monoisotopic (exact) mass is 436 g/mol. The van der Waals surface area contributed by atoms with Crippen LogP contribution in [0.15, 0.2) is 18.2 Å². The van der Waals surface area contributed by atoms with E-state index >= 15 is 0 Å². The van der Waals surface area contributed by atoms with E-state index in [1.165, 1.54) is 0 Å². The average Bonchev–Trinajstić information content (AvgIpc) is 3.01. The molecular formula is C22H36N4O5. The average molecular weight is 437 g/mol. The summed E-state index contributed by atoms with van der Waals surface area (Å²) in [5.41, 5.74) is -0.456. The number of hydrogen-bond donors (Lipinski definition) is 4. The first-order valence-electron chi connectivity index (χ1n) is 10.7. The van der Waals surface area contributed by atoms with Gasteiger partial charge in [-0.3, -0.25) is 5.32 Å². The van der Waals surface area contributed by atoms with Gasteiger partial charge in [-0.05, 0) is 60.1 Å². The van der Waals surface area contributed by atoms with Crippen molar-refractivity contribution < 1.29 is 24.2 Å². The van der Waals surface area contributed by atoms with Gasteiger partial charge in [-0.25, -0.2) is 14.6 Å².